The Labute approximate surface area is 107 Å². The Morgan fingerprint density at radius 2 is 1.89 bits per heavy atom. The molecule has 0 bridgehead atoms. The van der Waals surface area contributed by atoms with Gasteiger partial charge in [0.1, 0.15) is 5.82 Å². The second-order valence-electron chi connectivity index (χ2n) is 4.81. The van der Waals surface area contributed by atoms with Crippen LogP contribution in [-0.4, -0.2) is 15.1 Å². The van der Waals surface area contributed by atoms with Gasteiger partial charge in [0.05, 0.1) is 6.10 Å². The molecule has 92 valence electrons. The molecular formula is C15H16N2O. The fourth-order valence-corrected chi connectivity index (χ4v) is 2.69. The molecule has 3 rings (SSSR count). The van der Waals surface area contributed by atoms with Crippen LogP contribution in [0, 0.1) is 5.92 Å². The van der Waals surface area contributed by atoms with Gasteiger partial charge in [-0.3, -0.25) is 0 Å². The fraction of sp³-hybridized carbons (Fsp3) is 0.333. The van der Waals surface area contributed by atoms with Gasteiger partial charge in [-0.2, -0.15) is 0 Å². The zero-order valence-electron chi connectivity index (χ0n) is 10.2. The predicted octanol–water partition coefficient (Wildman–Crippen LogP) is 2.32. The van der Waals surface area contributed by atoms with E-state index in [-0.39, 0.29) is 5.92 Å². The summed E-state index contributed by atoms with van der Waals surface area (Å²) in [5.41, 5.74) is 2.35. The summed E-state index contributed by atoms with van der Waals surface area (Å²) >= 11 is 0. The number of hydrogen-bond donors (Lipinski definition) is 1. The van der Waals surface area contributed by atoms with Crippen molar-refractivity contribution in [3.8, 4) is 0 Å². The first-order valence-electron chi connectivity index (χ1n) is 6.36. The van der Waals surface area contributed by atoms with Gasteiger partial charge in [-0.05, 0) is 36.0 Å². The second-order valence-corrected chi connectivity index (χ2v) is 4.81. The zero-order chi connectivity index (χ0) is 12.4. The number of aliphatic hydroxyl groups excluding tert-OH is 1. The summed E-state index contributed by atoms with van der Waals surface area (Å²) in [4.78, 5) is 8.48. The van der Waals surface area contributed by atoms with Crippen LogP contribution in [0.3, 0.4) is 0 Å². The van der Waals surface area contributed by atoms with Crippen LogP contribution in [0.15, 0.2) is 42.7 Å². The predicted molar refractivity (Wildman–Crippen MR) is 68.9 cm³/mol. The standard InChI is InChI=1S/C15H16N2O/c18-15-12(10-14-16-8-3-9-17-14)7-6-11-4-1-2-5-13(11)15/h1-5,8-9,12,15,18H,6-7,10H2. The largest absolute Gasteiger partial charge is 0.388 e. The fourth-order valence-electron chi connectivity index (χ4n) is 2.69. The highest BCUT2D eigenvalue weighted by molar-refractivity contribution is 5.32. The van der Waals surface area contributed by atoms with Crippen molar-refractivity contribution in [1.29, 1.82) is 0 Å². The summed E-state index contributed by atoms with van der Waals surface area (Å²) in [7, 11) is 0. The molecule has 0 spiro atoms. The average molecular weight is 240 g/mol. The van der Waals surface area contributed by atoms with Gasteiger partial charge in [0.15, 0.2) is 0 Å². The second kappa shape index (κ2) is 4.86. The van der Waals surface area contributed by atoms with Gasteiger partial charge in [-0.15, -0.1) is 0 Å². The quantitative estimate of drug-likeness (QED) is 0.876. The molecule has 0 saturated carbocycles. The first-order valence-corrected chi connectivity index (χ1v) is 6.36. The maximum absolute atomic E-state index is 10.4. The number of aromatic nitrogens is 2. The molecule has 1 heterocycles. The maximum Gasteiger partial charge on any atom is 0.128 e. The molecule has 2 unspecified atom stereocenters. The topological polar surface area (TPSA) is 46.0 Å². The molecule has 0 fully saturated rings. The van der Waals surface area contributed by atoms with Gasteiger partial charge in [-0.25, -0.2) is 9.97 Å². The van der Waals surface area contributed by atoms with E-state index in [0.29, 0.717) is 0 Å². The summed E-state index contributed by atoms with van der Waals surface area (Å²) in [5, 5.41) is 10.4. The van der Waals surface area contributed by atoms with E-state index >= 15 is 0 Å². The Balaban J connectivity index is 1.81. The van der Waals surface area contributed by atoms with Crippen molar-refractivity contribution in [1.82, 2.24) is 9.97 Å². The van der Waals surface area contributed by atoms with Crippen LogP contribution in [0.5, 0.6) is 0 Å². The van der Waals surface area contributed by atoms with Crippen molar-refractivity contribution in [2.24, 2.45) is 5.92 Å². The smallest absolute Gasteiger partial charge is 0.128 e. The monoisotopic (exact) mass is 240 g/mol. The first kappa shape index (κ1) is 11.4. The molecule has 2 aromatic rings. The number of nitrogens with zero attached hydrogens (tertiary/aromatic N) is 2. The van der Waals surface area contributed by atoms with E-state index in [0.717, 1.165) is 30.7 Å². The Morgan fingerprint density at radius 1 is 1.11 bits per heavy atom. The normalized spacial score (nSPS) is 22.5. The number of aliphatic hydroxyl groups is 1. The van der Waals surface area contributed by atoms with Gasteiger partial charge in [-0.1, -0.05) is 24.3 Å². The molecule has 1 N–H and O–H groups in total. The molecule has 1 aromatic heterocycles. The molecule has 1 aromatic carbocycles. The van der Waals surface area contributed by atoms with Gasteiger partial charge in [0, 0.05) is 18.8 Å². The summed E-state index contributed by atoms with van der Waals surface area (Å²) in [6.07, 6.45) is 5.90. The summed E-state index contributed by atoms with van der Waals surface area (Å²) in [5.74, 6) is 1.04. The molecule has 2 atom stereocenters. The molecule has 0 radical (unpaired) electrons. The molecule has 0 aliphatic heterocycles. The number of fused-ring (bicyclic) bond motifs is 1. The van der Waals surface area contributed by atoms with Crippen LogP contribution in [0.4, 0.5) is 0 Å². The lowest BCUT2D eigenvalue weighted by molar-refractivity contribution is 0.0925. The molecule has 3 heteroatoms. The minimum atomic E-state index is -0.390. The average Bonchev–Trinajstić information content (AvgIpc) is 2.43. The van der Waals surface area contributed by atoms with Crippen molar-refractivity contribution in [3.63, 3.8) is 0 Å². The molecule has 18 heavy (non-hydrogen) atoms. The van der Waals surface area contributed by atoms with Crippen LogP contribution in [0.1, 0.15) is 29.5 Å². The minimum absolute atomic E-state index is 0.224. The van der Waals surface area contributed by atoms with E-state index in [1.165, 1.54) is 5.56 Å². The lowest BCUT2D eigenvalue weighted by Crippen LogP contribution is -2.23. The Morgan fingerprint density at radius 3 is 2.72 bits per heavy atom. The van der Waals surface area contributed by atoms with Crippen LogP contribution in [0.2, 0.25) is 0 Å². The van der Waals surface area contributed by atoms with E-state index in [2.05, 4.69) is 16.0 Å². The Kier molecular flexibility index (Phi) is 3.07. The molecule has 0 amide bonds. The number of aryl methyl sites for hydroxylation is 1. The van der Waals surface area contributed by atoms with Crippen LogP contribution in [-0.2, 0) is 12.8 Å². The molecule has 3 nitrogen and oxygen atoms in total. The number of rotatable bonds is 2. The van der Waals surface area contributed by atoms with Crippen molar-refractivity contribution in [3.05, 3.63) is 59.7 Å². The van der Waals surface area contributed by atoms with Gasteiger partial charge >= 0.3 is 0 Å². The SMILES string of the molecule is OC1c2ccccc2CCC1Cc1ncccn1. The minimum Gasteiger partial charge on any atom is -0.388 e. The van der Waals surface area contributed by atoms with Crippen LogP contribution >= 0.6 is 0 Å². The van der Waals surface area contributed by atoms with Crippen molar-refractivity contribution >= 4 is 0 Å². The van der Waals surface area contributed by atoms with E-state index in [9.17, 15) is 5.11 Å². The van der Waals surface area contributed by atoms with Crippen molar-refractivity contribution in [2.75, 3.05) is 0 Å². The highest BCUT2D eigenvalue weighted by Gasteiger charge is 2.28. The maximum atomic E-state index is 10.4. The van der Waals surface area contributed by atoms with Crippen LogP contribution in [0.25, 0.3) is 0 Å². The summed E-state index contributed by atoms with van der Waals surface area (Å²) in [6.45, 7) is 0. The number of benzene rings is 1. The van der Waals surface area contributed by atoms with E-state index in [1.54, 1.807) is 12.4 Å². The van der Waals surface area contributed by atoms with E-state index in [1.807, 2.05) is 24.3 Å². The van der Waals surface area contributed by atoms with E-state index in [4.69, 9.17) is 0 Å². The summed E-state index contributed by atoms with van der Waals surface area (Å²) in [6, 6.07) is 9.97. The molecule has 0 saturated heterocycles. The lowest BCUT2D eigenvalue weighted by atomic mass is 9.80. The lowest BCUT2D eigenvalue weighted by Gasteiger charge is -2.29. The molecule has 1 aliphatic carbocycles. The van der Waals surface area contributed by atoms with Gasteiger partial charge in [0.25, 0.3) is 0 Å². The summed E-state index contributed by atoms with van der Waals surface area (Å²) < 4.78 is 0. The Bertz CT molecular complexity index is 527. The third kappa shape index (κ3) is 2.14. The third-order valence-corrected chi connectivity index (χ3v) is 3.67. The highest BCUT2D eigenvalue weighted by atomic mass is 16.3. The Hall–Kier alpha value is -1.74. The number of hydrogen-bond acceptors (Lipinski definition) is 3. The zero-order valence-corrected chi connectivity index (χ0v) is 10.2. The first-order chi connectivity index (χ1) is 8.84. The molecule has 1 aliphatic rings. The van der Waals surface area contributed by atoms with Gasteiger partial charge in [0.2, 0.25) is 0 Å². The van der Waals surface area contributed by atoms with Crippen molar-refractivity contribution < 1.29 is 5.11 Å². The van der Waals surface area contributed by atoms with Gasteiger partial charge < -0.3 is 5.11 Å². The third-order valence-electron chi connectivity index (χ3n) is 3.67. The van der Waals surface area contributed by atoms with Crippen LogP contribution < -0.4 is 0 Å². The van der Waals surface area contributed by atoms with Crippen molar-refractivity contribution in [2.45, 2.75) is 25.4 Å². The van der Waals surface area contributed by atoms with E-state index < -0.39 is 6.10 Å². The highest BCUT2D eigenvalue weighted by Crippen LogP contribution is 2.35. The molecular weight excluding hydrogens is 224 g/mol.